The molecule has 2 heteroatoms. The van der Waals surface area contributed by atoms with Gasteiger partial charge in [-0.1, -0.05) is 84.5 Å². The van der Waals surface area contributed by atoms with Gasteiger partial charge in [-0.3, -0.25) is 0 Å². The standard InChI is InChI=1S/C23H28OS/c1-5-11-22(12-6-2)25(4,23-13-9-8-10-14-23)24-19-21-17-15-20(7-3)16-18-21/h5-6,8-18H,1,7,19H2,2-4H3/b12-6-,22-11+. The number of allylic oxidation sites excluding steroid dienone is 4. The first-order valence-electron chi connectivity index (χ1n) is 8.65. The molecule has 0 heterocycles. The Balaban J connectivity index is 2.34. The summed E-state index contributed by atoms with van der Waals surface area (Å²) in [4.78, 5) is 2.38. The molecule has 1 nitrogen and oxygen atoms in total. The van der Waals surface area contributed by atoms with Crippen molar-refractivity contribution in [2.24, 2.45) is 0 Å². The van der Waals surface area contributed by atoms with E-state index in [-0.39, 0.29) is 0 Å². The van der Waals surface area contributed by atoms with Crippen molar-refractivity contribution in [3.05, 3.63) is 102 Å². The number of rotatable bonds is 8. The lowest BCUT2D eigenvalue weighted by Gasteiger charge is -2.37. The van der Waals surface area contributed by atoms with Crippen LogP contribution in [0.5, 0.6) is 0 Å². The highest BCUT2D eigenvalue weighted by molar-refractivity contribution is 8.32. The molecular weight excluding hydrogens is 324 g/mol. The Morgan fingerprint density at radius 1 is 1.04 bits per heavy atom. The molecule has 0 aliphatic carbocycles. The highest BCUT2D eigenvalue weighted by atomic mass is 32.3. The molecule has 0 aliphatic heterocycles. The number of benzene rings is 2. The summed E-state index contributed by atoms with van der Waals surface area (Å²) in [6.07, 6.45) is 11.3. The van der Waals surface area contributed by atoms with Gasteiger partial charge in [0.2, 0.25) is 0 Å². The van der Waals surface area contributed by atoms with E-state index in [1.54, 1.807) is 0 Å². The largest absolute Gasteiger partial charge is 0.324 e. The van der Waals surface area contributed by atoms with E-state index in [0.29, 0.717) is 6.61 Å². The summed E-state index contributed by atoms with van der Waals surface area (Å²) in [7, 11) is -1.59. The minimum absolute atomic E-state index is 0.594. The maximum absolute atomic E-state index is 6.56. The van der Waals surface area contributed by atoms with Gasteiger partial charge in [-0.25, -0.2) is 0 Å². The van der Waals surface area contributed by atoms with E-state index in [2.05, 4.69) is 86.5 Å². The van der Waals surface area contributed by atoms with E-state index in [1.807, 2.05) is 19.1 Å². The predicted molar refractivity (Wildman–Crippen MR) is 112 cm³/mol. The zero-order valence-corrected chi connectivity index (χ0v) is 16.3. The minimum atomic E-state index is -1.59. The van der Waals surface area contributed by atoms with E-state index in [1.165, 1.54) is 20.9 Å². The smallest absolute Gasteiger partial charge is 0.0851 e. The van der Waals surface area contributed by atoms with Gasteiger partial charge in [0, 0.05) is 9.80 Å². The average Bonchev–Trinajstić information content (AvgIpc) is 2.67. The molecule has 25 heavy (non-hydrogen) atoms. The topological polar surface area (TPSA) is 9.23 Å². The molecule has 0 saturated heterocycles. The third-order valence-corrected chi connectivity index (χ3v) is 7.08. The van der Waals surface area contributed by atoms with Crippen molar-refractivity contribution in [1.82, 2.24) is 0 Å². The van der Waals surface area contributed by atoms with Crippen LogP contribution in [-0.4, -0.2) is 6.26 Å². The zero-order chi connectivity index (χ0) is 18.1. The third-order valence-electron chi connectivity index (χ3n) is 4.15. The Labute approximate surface area is 154 Å². The van der Waals surface area contributed by atoms with Crippen LogP contribution < -0.4 is 0 Å². The first-order valence-corrected chi connectivity index (χ1v) is 10.6. The third kappa shape index (κ3) is 4.97. The SMILES string of the molecule is C=C/C=C(\C=C/C)S(C)(OCc1ccc(CC)cc1)c1ccccc1. The van der Waals surface area contributed by atoms with E-state index in [0.717, 1.165) is 6.42 Å². The molecule has 0 aromatic heterocycles. The highest BCUT2D eigenvalue weighted by Gasteiger charge is 2.25. The maximum atomic E-state index is 6.56. The van der Waals surface area contributed by atoms with Gasteiger partial charge in [0.15, 0.2) is 0 Å². The lowest BCUT2D eigenvalue weighted by molar-refractivity contribution is 0.350. The molecule has 0 radical (unpaired) electrons. The van der Waals surface area contributed by atoms with Crippen LogP contribution in [0.25, 0.3) is 0 Å². The predicted octanol–water partition coefficient (Wildman–Crippen LogP) is 6.82. The van der Waals surface area contributed by atoms with Crippen molar-refractivity contribution in [3.63, 3.8) is 0 Å². The number of hydrogen-bond acceptors (Lipinski definition) is 1. The zero-order valence-electron chi connectivity index (χ0n) is 15.4. The molecule has 2 rings (SSSR count). The second kappa shape index (κ2) is 9.45. The van der Waals surface area contributed by atoms with Crippen LogP contribution in [0.1, 0.15) is 25.0 Å². The van der Waals surface area contributed by atoms with Crippen LogP contribution in [0.15, 0.2) is 95.3 Å². The van der Waals surface area contributed by atoms with Gasteiger partial charge in [0.05, 0.1) is 6.61 Å². The lowest BCUT2D eigenvalue weighted by Crippen LogP contribution is -2.06. The Bertz CT molecular complexity index is 728. The fraction of sp³-hybridized carbons (Fsp3) is 0.217. The summed E-state index contributed by atoms with van der Waals surface area (Å²) in [6.45, 7) is 8.67. The highest BCUT2D eigenvalue weighted by Crippen LogP contribution is 2.61. The van der Waals surface area contributed by atoms with E-state index in [4.69, 9.17) is 4.18 Å². The van der Waals surface area contributed by atoms with E-state index >= 15 is 0 Å². The first kappa shape index (κ1) is 19.3. The molecule has 0 saturated carbocycles. The summed E-state index contributed by atoms with van der Waals surface area (Å²) >= 11 is 0. The van der Waals surface area contributed by atoms with Crippen LogP contribution in [0.3, 0.4) is 0 Å². The Morgan fingerprint density at radius 2 is 1.68 bits per heavy atom. The Kier molecular flexibility index (Phi) is 7.30. The fourth-order valence-electron chi connectivity index (χ4n) is 2.61. The van der Waals surface area contributed by atoms with Gasteiger partial charge >= 0.3 is 0 Å². The first-order chi connectivity index (χ1) is 12.1. The second-order valence-electron chi connectivity index (χ2n) is 5.89. The molecule has 0 bridgehead atoms. The fourth-order valence-corrected chi connectivity index (χ4v) is 4.95. The van der Waals surface area contributed by atoms with Crippen molar-refractivity contribution in [2.75, 3.05) is 6.26 Å². The average molecular weight is 353 g/mol. The van der Waals surface area contributed by atoms with Gasteiger partial charge in [0.25, 0.3) is 0 Å². The van der Waals surface area contributed by atoms with Crippen molar-refractivity contribution >= 4 is 10.3 Å². The molecule has 2 aromatic carbocycles. The molecule has 0 N–H and O–H groups in total. The van der Waals surface area contributed by atoms with Gasteiger partial charge in [-0.05, 0) is 48.9 Å². The molecule has 1 unspecified atom stereocenters. The van der Waals surface area contributed by atoms with Gasteiger partial charge in [0.1, 0.15) is 0 Å². The number of aryl methyl sites for hydroxylation is 1. The van der Waals surface area contributed by atoms with Crippen molar-refractivity contribution in [2.45, 2.75) is 31.8 Å². The molecule has 0 amide bonds. The minimum Gasteiger partial charge on any atom is -0.324 e. The molecule has 0 aliphatic rings. The normalized spacial score (nSPS) is 15.7. The maximum Gasteiger partial charge on any atom is 0.0851 e. The Morgan fingerprint density at radius 3 is 2.24 bits per heavy atom. The van der Waals surface area contributed by atoms with Crippen LogP contribution >= 0.6 is 10.3 Å². The summed E-state index contributed by atoms with van der Waals surface area (Å²) in [5.41, 5.74) is 2.55. The quantitative estimate of drug-likeness (QED) is 0.474. The van der Waals surface area contributed by atoms with E-state index < -0.39 is 10.3 Å². The van der Waals surface area contributed by atoms with Crippen molar-refractivity contribution in [1.29, 1.82) is 0 Å². The monoisotopic (exact) mass is 352 g/mol. The van der Waals surface area contributed by atoms with E-state index in [9.17, 15) is 0 Å². The van der Waals surface area contributed by atoms with Crippen LogP contribution in [0, 0.1) is 0 Å². The van der Waals surface area contributed by atoms with Gasteiger partial charge in [-0.2, -0.15) is 0 Å². The van der Waals surface area contributed by atoms with Crippen LogP contribution in [0.2, 0.25) is 0 Å². The second-order valence-corrected chi connectivity index (χ2v) is 8.76. The molecule has 1 atom stereocenters. The van der Waals surface area contributed by atoms with Crippen LogP contribution in [0.4, 0.5) is 0 Å². The lowest BCUT2D eigenvalue weighted by atomic mass is 10.1. The van der Waals surface area contributed by atoms with Crippen molar-refractivity contribution in [3.8, 4) is 0 Å². The molecular formula is C23H28OS. The summed E-state index contributed by atoms with van der Waals surface area (Å²) in [6, 6.07) is 19.2. The summed E-state index contributed by atoms with van der Waals surface area (Å²) in [5.74, 6) is 0. The van der Waals surface area contributed by atoms with Crippen LogP contribution in [-0.2, 0) is 17.2 Å². The summed E-state index contributed by atoms with van der Waals surface area (Å²) in [5, 5.41) is 0. The van der Waals surface area contributed by atoms with Gasteiger partial charge in [-0.15, -0.1) is 0 Å². The molecule has 0 spiro atoms. The Hall–Kier alpha value is -2.03. The molecule has 0 fully saturated rings. The molecule has 2 aromatic rings. The summed E-state index contributed by atoms with van der Waals surface area (Å²) < 4.78 is 6.56. The van der Waals surface area contributed by atoms with Crippen molar-refractivity contribution < 1.29 is 4.18 Å². The molecule has 132 valence electrons. The number of hydrogen-bond donors (Lipinski definition) is 0. The van der Waals surface area contributed by atoms with Gasteiger partial charge < -0.3 is 4.18 Å².